The molecule has 170 valence electrons. The maximum Gasteiger partial charge on any atom is 0.243 e. The first-order chi connectivity index (χ1) is 16.3. The van der Waals surface area contributed by atoms with Crippen molar-refractivity contribution in [2.75, 3.05) is 19.7 Å². The van der Waals surface area contributed by atoms with E-state index in [1.54, 1.807) is 24.8 Å². The monoisotopic (exact) mass is 444 g/mol. The number of ether oxygens (including phenoxy) is 1. The number of rotatable bonds is 6. The van der Waals surface area contributed by atoms with E-state index in [2.05, 4.69) is 14.9 Å². The fourth-order valence-corrected chi connectivity index (χ4v) is 4.96. The minimum absolute atomic E-state index is 0.0419. The maximum absolute atomic E-state index is 14.0. The van der Waals surface area contributed by atoms with Crippen LogP contribution in [0.5, 0.6) is 0 Å². The first-order valence-electron chi connectivity index (χ1n) is 11.5. The summed E-state index contributed by atoms with van der Waals surface area (Å²) in [6.45, 7) is 1.37. The third-order valence-electron chi connectivity index (χ3n) is 6.57. The molecule has 5 rings (SSSR count). The molecule has 4 unspecified atom stereocenters. The molecule has 4 heterocycles. The number of aliphatic hydroxyl groups is 1. The van der Waals surface area contributed by atoms with Crippen molar-refractivity contribution >= 4 is 5.91 Å². The van der Waals surface area contributed by atoms with Gasteiger partial charge in [0.15, 0.2) is 0 Å². The van der Waals surface area contributed by atoms with Crippen molar-refractivity contribution in [3.05, 3.63) is 96.1 Å². The molecule has 2 aliphatic rings. The number of hydrogen-bond donors (Lipinski definition) is 1. The standard InChI is InChI=1S/C26H28N4O3/c31-18-22(19-6-2-1-3-7-19)30-23(25(32)29-16-4-5-17-29)24(20-8-12-27-13-9-20)33-26(30)21-10-14-28-15-11-21/h1-3,6-15,22-24,26,31H,4-5,16-18H2. The Morgan fingerprint density at radius 2 is 1.55 bits per heavy atom. The Hall–Kier alpha value is -3.13. The van der Waals surface area contributed by atoms with E-state index >= 15 is 0 Å². The quantitative estimate of drug-likeness (QED) is 0.629. The molecular weight excluding hydrogens is 416 g/mol. The summed E-state index contributed by atoms with van der Waals surface area (Å²) >= 11 is 0. The molecule has 2 aromatic heterocycles. The van der Waals surface area contributed by atoms with Gasteiger partial charge in [-0.25, -0.2) is 0 Å². The summed E-state index contributed by atoms with van der Waals surface area (Å²) in [6, 6.07) is 16.5. The highest BCUT2D eigenvalue weighted by Crippen LogP contribution is 2.47. The topological polar surface area (TPSA) is 78.8 Å². The van der Waals surface area contributed by atoms with Crippen LogP contribution in [0.3, 0.4) is 0 Å². The molecule has 2 saturated heterocycles. The second-order valence-corrected chi connectivity index (χ2v) is 8.50. The number of aromatic nitrogens is 2. The fraction of sp³-hybridized carbons (Fsp3) is 0.346. The normalized spacial score (nSPS) is 24.2. The highest BCUT2D eigenvalue weighted by Gasteiger charge is 2.51. The number of hydrogen-bond acceptors (Lipinski definition) is 6. The molecule has 0 bridgehead atoms. The number of nitrogens with zero attached hydrogens (tertiary/aromatic N) is 4. The van der Waals surface area contributed by atoms with Crippen LogP contribution in [0.1, 0.15) is 47.9 Å². The number of carbonyl (C=O) groups excluding carboxylic acids is 1. The molecule has 0 spiro atoms. The number of carbonyl (C=O) groups is 1. The molecule has 4 atom stereocenters. The molecule has 1 N–H and O–H groups in total. The van der Waals surface area contributed by atoms with Crippen molar-refractivity contribution in [3.63, 3.8) is 0 Å². The van der Waals surface area contributed by atoms with Gasteiger partial charge in [0.25, 0.3) is 0 Å². The van der Waals surface area contributed by atoms with Crippen molar-refractivity contribution in [2.24, 2.45) is 0 Å². The SMILES string of the molecule is O=C(C1C(c2ccncc2)OC(c2ccncc2)N1C(CO)c1ccccc1)N1CCCC1. The second-order valence-electron chi connectivity index (χ2n) is 8.50. The summed E-state index contributed by atoms with van der Waals surface area (Å²) in [5.74, 6) is 0.0419. The molecule has 1 aromatic carbocycles. The zero-order valence-electron chi connectivity index (χ0n) is 18.4. The van der Waals surface area contributed by atoms with E-state index in [9.17, 15) is 9.90 Å². The number of pyridine rings is 2. The molecule has 7 heteroatoms. The van der Waals surface area contributed by atoms with Crippen molar-refractivity contribution in [1.29, 1.82) is 0 Å². The van der Waals surface area contributed by atoms with E-state index in [1.165, 1.54) is 0 Å². The summed E-state index contributed by atoms with van der Waals surface area (Å²) in [6.07, 6.45) is 7.91. The fourth-order valence-electron chi connectivity index (χ4n) is 4.96. The predicted molar refractivity (Wildman–Crippen MR) is 123 cm³/mol. The Balaban J connectivity index is 1.64. The maximum atomic E-state index is 14.0. The molecule has 0 radical (unpaired) electrons. The Labute approximate surface area is 193 Å². The molecular formula is C26H28N4O3. The van der Waals surface area contributed by atoms with Gasteiger partial charge >= 0.3 is 0 Å². The minimum Gasteiger partial charge on any atom is -0.394 e. The van der Waals surface area contributed by atoms with E-state index in [0.29, 0.717) is 0 Å². The average molecular weight is 445 g/mol. The van der Waals surface area contributed by atoms with E-state index < -0.39 is 24.4 Å². The van der Waals surface area contributed by atoms with E-state index in [-0.39, 0.29) is 12.5 Å². The van der Waals surface area contributed by atoms with Crippen LogP contribution in [0.4, 0.5) is 0 Å². The molecule has 2 fully saturated rings. The average Bonchev–Trinajstić information content (AvgIpc) is 3.55. The largest absolute Gasteiger partial charge is 0.394 e. The molecule has 7 nitrogen and oxygen atoms in total. The van der Waals surface area contributed by atoms with Gasteiger partial charge in [-0.1, -0.05) is 30.3 Å². The van der Waals surface area contributed by atoms with Gasteiger partial charge in [0.1, 0.15) is 18.4 Å². The predicted octanol–water partition coefficient (Wildman–Crippen LogP) is 3.27. The van der Waals surface area contributed by atoms with Crippen LogP contribution in [0.15, 0.2) is 79.4 Å². The number of amides is 1. The lowest BCUT2D eigenvalue weighted by Crippen LogP contribution is -2.49. The van der Waals surface area contributed by atoms with Crippen LogP contribution in [0.2, 0.25) is 0 Å². The van der Waals surface area contributed by atoms with Crippen molar-refractivity contribution < 1.29 is 14.6 Å². The highest BCUT2D eigenvalue weighted by molar-refractivity contribution is 5.83. The van der Waals surface area contributed by atoms with Crippen LogP contribution in [-0.2, 0) is 9.53 Å². The Kier molecular flexibility index (Phi) is 6.44. The summed E-state index contributed by atoms with van der Waals surface area (Å²) in [5.41, 5.74) is 2.74. The highest BCUT2D eigenvalue weighted by atomic mass is 16.5. The van der Waals surface area contributed by atoms with Crippen molar-refractivity contribution in [1.82, 2.24) is 19.8 Å². The lowest BCUT2D eigenvalue weighted by Gasteiger charge is -2.36. The van der Waals surface area contributed by atoms with Crippen molar-refractivity contribution in [3.8, 4) is 0 Å². The number of benzene rings is 1. The molecule has 0 aliphatic carbocycles. The first kappa shape index (κ1) is 21.7. The van der Waals surface area contributed by atoms with Crippen LogP contribution >= 0.6 is 0 Å². The Bertz CT molecular complexity index is 1040. The molecule has 33 heavy (non-hydrogen) atoms. The van der Waals surface area contributed by atoms with E-state index in [1.807, 2.05) is 59.5 Å². The Morgan fingerprint density at radius 3 is 2.15 bits per heavy atom. The molecule has 3 aromatic rings. The van der Waals surface area contributed by atoms with Crippen LogP contribution < -0.4 is 0 Å². The lowest BCUT2D eigenvalue weighted by atomic mass is 9.97. The van der Waals surface area contributed by atoms with Gasteiger partial charge in [-0.05, 0) is 53.8 Å². The summed E-state index contributed by atoms with van der Waals surface area (Å²) in [4.78, 5) is 26.2. The second kappa shape index (κ2) is 9.79. The van der Waals surface area contributed by atoms with Gasteiger partial charge < -0.3 is 14.7 Å². The van der Waals surface area contributed by atoms with Gasteiger partial charge in [-0.2, -0.15) is 0 Å². The summed E-state index contributed by atoms with van der Waals surface area (Å²) < 4.78 is 6.66. The van der Waals surface area contributed by atoms with Gasteiger partial charge in [0.2, 0.25) is 5.91 Å². The third-order valence-corrected chi connectivity index (χ3v) is 6.57. The van der Waals surface area contributed by atoms with Crippen LogP contribution in [0, 0.1) is 0 Å². The van der Waals surface area contributed by atoms with Crippen LogP contribution in [0.25, 0.3) is 0 Å². The van der Waals surface area contributed by atoms with Gasteiger partial charge in [-0.15, -0.1) is 0 Å². The van der Waals surface area contributed by atoms with Crippen LogP contribution in [-0.4, -0.2) is 56.5 Å². The zero-order chi connectivity index (χ0) is 22.6. The van der Waals surface area contributed by atoms with Gasteiger partial charge in [0.05, 0.1) is 12.6 Å². The third kappa shape index (κ3) is 4.27. The Morgan fingerprint density at radius 1 is 0.939 bits per heavy atom. The number of aliphatic hydroxyl groups excluding tert-OH is 1. The molecule has 2 aliphatic heterocycles. The van der Waals surface area contributed by atoms with E-state index in [4.69, 9.17) is 4.74 Å². The van der Waals surface area contributed by atoms with Gasteiger partial charge in [0, 0.05) is 37.9 Å². The molecule has 1 amide bonds. The molecule has 0 saturated carbocycles. The lowest BCUT2D eigenvalue weighted by molar-refractivity contribution is -0.137. The van der Waals surface area contributed by atoms with Crippen molar-refractivity contribution in [2.45, 2.75) is 37.3 Å². The zero-order valence-corrected chi connectivity index (χ0v) is 18.4. The summed E-state index contributed by atoms with van der Waals surface area (Å²) in [7, 11) is 0. The minimum atomic E-state index is -0.582. The first-order valence-corrected chi connectivity index (χ1v) is 11.5. The number of likely N-dealkylation sites (tertiary alicyclic amines) is 1. The summed E-state index contributed by atoms with van der Waals surface area (Å²) in [5, 5.41) is 10.6. The van der Waals surface area contributed by atoms with Gasteiger partial charge in [-0.3, -0.25) is 19.7 Å². The smallest absolute Gasteiger partial charge is 0.243 e. The van der Waals surface area contributed by atoms with E-state index in [0.717, 1.165) is 42.6 Å².